The predicted octanol–water partition coefficient (Wildman–Crippen LogP) is 5.54. The van der Waals surface area contributed by atoms with Crippen molar-refractivity contribution >= 4 is 29.0 Å². The molecular formula is C22H19F3N4O3S. The molecule has 172 valence electrons. The monoisotopic (exact) mass is 476 g/mol. The first kappa shape index (κ1) is 22.8. The van der Waals surface area contributed by atoms with E-state index in [-0.39, 0.29) is 10.6 Å². The minimum absolute atomic E-state index is 0.0118. The standard InChI is InChI=1S/C22H19F3N4O3S/c23-22(24,25)15-6-9-19(18(11-15)29(31)32)33-13-21(30)26-16-7-4-14(5-8-16)17-12-28-10-2-1-3-20(28)27-17/h4-9,11-12H,1-3,10,13H2,(H,26,30). The van der Waals surface area contributed by atoms with E-state index in [1.165, 1.54) is 0 Å². The van der Waals surface area contributed by atoms with Crippen molar-refractivity contribution in [1.29, 1.82) is 0 Å². The first-order chi connectivity index (χ1) is 15.7. The van der Waals surface area contributed by atoms with Crippen molar-refractivity contribution in [3.63, 3.8) is 0 Å². The normalized spacial score (nSPS) is 13.4. The largest absolute Gasteiger partial charge is 0.416 e. The number of rotatable bonds is 6. The highest BCUT2D eigenvalue weighted by molar-refractivity contribution is 8.00. The van der Waals surface area contributed by atoms with Gasteiger partial charge in [0.2, 0.25) is 5.91 Å². The molecule has 1 N–H and O–H groups in total. The Labute approximate surface area is 191 Å². The lowest BCUT2D eigenvalue weighted by atomic mass is 10.1. The molecule has 11 heteroatoms. The van der Waals surface area contributed by atoms with Crippen LogP contribution < -0.4 is 5.32 Å². The van der Waals surface area contributed by atoms with Crippen molar-refractivity contribution in [2.75, 3.05) is 11.1 Å². The lowest BCUT2D eigenvalue weighted by Crippen LogP contribution is -2.14. The molecule has 0 saturated carbocycles. The Hall–Kier alpha value is -3.34. The number of halogens is 3. The SMILES string of the molecule is O=C(CSc1ccc(C(F)(F)F)cc1[N+](=O)[O-])Nc1ccc(-c2cn3c(n2)CCCC3)cc1. The summed E-state index contributed by atoms with van der Waals surface area (Å²) in [6.45, 7) is 0.964. The topological polar surface area (TPSA) is 90.1 Å². The van der Waals surface area contributed by atoms with Gasteiger partial charge in [0.25, 0.3) is 5.69 Å². The molecule has 1 aromatic heterocycles. The summed E-state index contributed by atoms with van der Waals surface area (Å²) in [6, 6.07) is 9.41. The van der Waals surface area contributed by atoms with E-state index in [0.717, 1.165) is 66.8 Å². The fourth-order valence-corrected chi connectivity index (χ4v) is 4.38. The summed E-state index contributed by atoms with van der Waals surface area (Å²) < 4.78 is 40.6. The van der Waals surface area contributed by atoms with Crippen LogP contribution in [0.4, 0.5) is 24.5 Å². The fourth-order valence-electron chi connectivity index (χ4n) is 3.57. The summed E-state index contributed by atoms with van der Waals surface area (Å²) in [5.74, 6) is 0.448. The molecule has 0 bridgehead atoms. The lowest BCUT2D eigenvalue weighted by molar-refractivity contribution is -0.388. The number of aryl methyl sites for hydroxylation is 2. The van der Waals surface area contributed by atoms with Gasteiger partial charge in [-0.1, -0.05) is 12.1 Å². The van der Waals surface area contributed by atoms with E-state index in [0.29, 0.717) is 11.8 Å². The van der Waals surface area contributed by atoms with E-state index in [1.54, 1.807) is 12.1 Å². The van der Waals surface area contributed by atoms with E-state index >= 15 is 0 Å². The van der Waals surface area contributed by atoms with E-state index in [9.17, 15) is 28.1 Å². The molecule has 0 aliphatic carbocycles. The maximum atomic E-state index is 12.8. The van der Waals surface area contributed by atoms with Crippen molar-refractivity contribution in [3.05, 3.63) is 70.2 Å². The summed E-state index contributed by atoms with van der Waals surface area (Å²) in [6.07, 6.45) is 0.572. The molecule has 0 saturated heterocycles. The van der Waals surface area contributed by atoms with E-state index in [4.69, 9.17) is 0 Å². The van der Waals surface area contributed by atoms with Gasteiger partial charge in [0, 0.05) is 36.5 Å². The van der Waals surface area contributed by atoms with Crippen LogP contribution in [0.25, 0.3) is 11.3 Å². The molecule has 2 heterocycles. The maximum Gasteiger partial charge on any atom is 0.416 e. The number of amides is 1. The van der Waals surface area contributed by atoms with Gasteiger partial charge in [-0.15, -0.1) is 11.8 Å². The van der Waals surface area contributed by atoms with Crippen molar-refractivity contribution in [1.82, 2.24) is 9.55 Å². The Kier molecular flexibility index (Phi) is 6.41. The number of anilines is 1. The number of thioether (sulfide) groups is 1. The van der Waals surface area contributed by atoms with Gasteiger partial charge in [0.1, 0.15) is 5.82 Å². The van der Waals surface area contributed by atoms with Crippen LogP contribution in [0.3, 0.4) is 0 Å². The molecule has 4 rings (SSSR count). The van der Waals surface area contributed by atoms with Gasteiger partial charge in [0.05, 0.1) is 26.8 Å². The lowest BCUT2D eigenvalue weighted by Gasteiger charge is -2.11. The fraction of sp³-hybridized carbons (Fsp3) is 0.273. The second-order valence-electron chi connectivity index (χ2n) is 7.54. The van der Waals surface area contributed by atoms with Crippen LogP contribution in [-0.4, -0.2) is 26.1 Å². The number of aromatic nitrogens is 2. The number of alkyl halides is 3. The molecule has 3 aromatic rings. The number of carbonyl (C=O) groups excluding carboxylic acids is 1. The van der Waals surface area contributed by atoms with Gasteiger partial charge in [0.15, 0.2) is 0 Å². The number of hydrogen-bond acceptors (Lipinski definition) is 5. The molecule has 0 atom stereocenters. The maximum absolute atomic E-state index is 12.8. The number of nitro benzene ring substituents is 1. The van der Waals surface area contributed by atoms with Crippen molar-refractivity contribution in [2.45, 2.75) is 36.9 Å². The highest BCUT2D eigenvalue weighted by Crippen LogP contribution is 2.36. The van der Waals surface area contributed by atoms with Crippen molar-refractivity contribution in [2.24, 2.45) is 0 Å². The van der Waals surface area contributed by atoms with Crippen LogP contribution in [0.5, 0.6) is 0 Å². The second kappa shape index (κ2) is 9.26. The third-order valence-electron chi connectivity index (χ3n) is 5.21. The summed E-state index contributed by atoms with van der Waals surface area (Å²) in [5.41, 5.74) is 0.534. The molecule has 0 fully saturated rings. The minimum atomic E-state index is -4.69. The van der Waals surface area contributed by atoms with Gasteiger partial charge < -0.3 is 9.88 Å². The molecule has 0 radical (unpaired) electrons. The predicted molar refractivity (Wildman–Crippen MR) is 118 cm³/mol. The van der Waals surface area contributed by atoms with Crippen molar-refractivity contribution < 1.29 is 22.9 Å². The van der Waals surface area contributed by atoms with Crippen LogP contribution in [0.15, 0.2) is 53.6 Å². The Morgan fingerprint density at radius 3 is 2.61 bits per heavy atom. The van der Waals surface area contributed by atoms with Crippen LogP contribution in [-0.2, 0) is 23.9 Å². The first-order valence-electron chi connectivity index (χ1n) is 10.2. The number of hydrogen-bond donors (Lipinski definition) is 1. The average Bonchev–Trinajstić information content (AvgIpc) is 3.21. The highest BCUT2D eigenvalue weighted by atomic mass is 32.2. The molecule has 1 amide bonds. The Balaban J connectivity index is 1.38. The third kappa shape index (κ3) is 5.36. The molecule has 1 aliphatic heterocycles. The number of nitrogens with one attached hydrogen (secondary N) is 1. The van der Waals surface area contributed by atoms with Crippen LogP contribution in [0.2, 0.25) is 0 Å². The van der Waals surface area contributed by atoms with Gasteiger partial charge >= 0.3 is 6.18 Å². The molecule has 0 spiro atoms. The number of nitro groups is 1. The Morgan fingerprint density at radius 1 is 1.18 bits per heavy atom. The highest BCUT2D eigenvalue weighted by Gasteiger charge is 2.33. The quantitative estimate of drug-likeness (QED) is 0.286. The number of carbonyl (C=O) groups is 1. The summed E-state index contributed by atoms with van der Waals surface area (Å²) >= 11 is 0.804. The van der Waals surface area contributed by atoms with Crippen LogP contribution in [0.1, 0.15) is 24.2 Å². The zero-order valence-corrected chi connectivity index (χ0v) is 18.1. The Bertz CT molecular complexity index is 1170. The van der Waals surface area contributed by atoms with Gasteiger partial charge in [-0.25, -0.2) is 4.98 Å². The molecular weight excluding hydrogens is 457 g/mol. The van der Waals surface area contributed by atoms with Gasteiger partial charge in [-0.3, -0.25) is 14.9 Å². The molecule has 2 aromatic carbocycles. The van der Waals surface area contributed by atoms with Gasteiger partial charge in [-0.2, -0.15) is 13.2 Å². The summed E-state index contributed by atoms with van der Waals surface area (Å²) in [5, 5.41) is 13.9. The zero-order valence-electron chi connectivity index (χ0n) is 17.3. The van der Waals surface area contributed by atoms with E-state index in [1.807, 2.05) is 18.3 Å². The zero-order chi connectivity index (χ0) is 23.6. The first-order valence-corrected chi connectivity index (χ1v) is 11.1. The van der Waals surface area contributed by atoms with E-state index < -0.39 is 28.3 Å². The third-order valence-corrected chi connectivity index (χ3v) is 6.28. The minimum Gasteiger partial charge on any atom is -0.334 e. The molecule has 33 heavy (non-hydrogen) atoms. The van der Waals surface area contributed by atoms with Crippen LogP contribution in [0, 0.1) is 10.1 Å². The number of benzene rings is 2. The second-order valence-corrected chi connectivity index (χ2v) is 8.56. The van der Waals surface area contributed by atoms with Crippen LogP contribution >= 0.6 is 11.8 Å². The molecule has 0 unspecified atom stereocenters. The number of nitrogens with zero attached hydrogens (tertiary/aromatic N) is 3. The Morgan fingerprint density at radius 2 is 1.94 bits per heavy atom. The number of fused-ring (bicyclic) bond motifs is 1. The summed E-state index contributed by atoms with van der Waals surface area (Å²) in [4.78, 5) is 27.2. The molecule has 7 nitrogen and oxygen atoms in total. The van der Waals surface area contributed by atoms with Gasteiger partial charge in [-0.05, 0) is 37.1 Å². The average molecular weight is 476 g/mol. The van der Waals surface area contributed by atoms with E-state index in [2.05, 4.69) is 14.9 Å². The number of imidazole rings is 1. The smallest absolute Gasteiger partial charge is 0.334 e. The summed E-state index contributed by atoms with van der Waals surface area (Å²) in [7, 11) is 0. The molecule has 1 aliphatic rings. The van der Waals surface area contributed by atoms with Crippen molar-refractivity contribution in [3.8, 4) is 11.3 Å².